The fraction of sp³-hybridized carbons (Fsp3) is 0.320. The molecule has 0 unspecified atom stereocenters. The zero-order chi connectivity index (χ0) is 22.9. The third-order valence-electron chi connectivity index (χ3n) is 5.85. The maximum Gasteiger partial charge on any atom is 0.297 e. The topological polar surface area (TPSA) is 86.4 Å². The Morgan fingerprint density at radius 2 is 2.09 bits per heavy atom. The van der Waals surface area contributed by atoms with Crippen LogP contribution in [0.15, 0.2) is 56.8 Å². The molecule has 1 saturated heterocycles. The molecule has 0 spiro atoms. The number of benzene rings is 2. The maximum atomic E-state index is 13.4. The van der Waals surface area contributed by atoms with Gasteiger partial charge in [-0.05, 0) is 50.5 Å². The summed E-state index contributed by atoms with van der Waals surface area (Å²) >= 11 is 1.25. The van der Waals surface area contributed by atoms with Gasteiger partial charge in [0.25, 0.3) is 5.56 Å². The van der Waals surface area contributed by atoms with Crippen LogP contribution in [-0.4, -0.2) is 33.9 Å². The molecule has 1 aliphatic rings. The number of amides is 1. The normalized spacial score (nSPS) is 16.0. The largest absolute Gasteiger partial charge is 0.448 e. The minimum Gasteiger partial charge on any atom is -0.448 e. The lowest BCUT2D eigenvalue weighted by atomic mass is 10.1. The van der Waals surface area contributed by atoms with Gasteiger partial charge in [0, 0.05) is 17.7 Å². The van der Waals surface area contributed by atoms with Crippen LogP contribution in [0.25, 0.3) is 22.1 Å². The highest BCUT2D eigenvalue weighted by atomic mass is 32.2. The summed E-state index contributed by atoms with van der Waals surface area (Å²) in [5.41, 5.74) is 4.07. The van der Waals surface area contributed by atoms with Crippen molar-refractivity contribution in [2.24, 2.45) is 0 Å². The number of aromatic nitrogens is 2. The van der Waals surface area contributed by atoms with Crippen LogP contribution in [-0.2, 0) is 16.1 Å². The number of rotatable bonds is 6. The van der Waals surface area contributed by atoms with E-state index in [1.807, 2.05) is 56.3 Å². The van der Waals surface area contributed by atoms with Crippen molar-refractivity contribution in [3.63, 3.8) is 0 Å². The highest BCUT2D eigenvalue weighted by molar-refractivity contribution is 7.99. The third kappa shape index (κ3) is 4.41. The fourth-order valence-electron chi connectivity index (χ4n) is 4.19. The Labute approximate surface area is 195 Å². The molecule has 0 aliphatic carbocycles. The lowest BCUT2D eigenvalue weighted by Crippen LogP contribution is -2.29. The fourth-order valence-corrected chi connectivity index (χ4v) is 4.99. The monoisotopic (exact) mass is 463 g/mol. The molecule has 1 amide bonds. The van der Waals surface area contributed by atoms with Crippen LogP contribution in [0.4, 0.5) is 5.69 Å². The number of thioether (sulfide) groups is 1. The van der Waals surface area contributed by atoms with Crippen molar-refractivity contribution in [2.45, 2.75) is 44.5 Å². The first-order chi connectivity index (χ1) is 16.0. The van der Waals surface area contributed by atoms with Gasteiger partial charge < -0.3 is 14.5 Å². The number of carbonyl (C=O) groups excluding carboxylic acids is 1. The van der Waals surface area contributed by atoms with Gasteiger partial charge in [-0.3, -0.25) is 14.2 Å². The van der Waals surface area contributed by atoms with Crippen molar-refractivity contribution in [3.8, 4) is 0 Å². The van der Waals surface area contributed by atoms with Crippen LogP contribution in [0.2, 0.25) is 0 Å². The first-order valence-electron chi connectivity index (χ1n) is 11.0. The Morgan fingerprint density at radius 3 is 2.88 bits per heavy atom. The molecule has 1 aliphatic heterocycles. The molecule has 2 aromatic carbocycles. The van der Waals surface area contributed by atoms with Gasteiger partial charge in [-0.2, -0.15) is 0 Å². The van der Waals surface area contributed by atoms with Crippen LogP contribution in [0, 0.1) is 13.8 Å². The van der Waals surface area contributed by atoms with Crippen LogP contribution in [0.3, 0.4) is 0 Å². The molecule has 1 atom stereocenters. The van der Waals surface area contributed by atoms with E-state index in [-0.39, 0.29) is 28.9 Å². The maximum absolute atomic E-state index is 13.4. The van der Waals surface area contributed by atoms with E-state index in [1.165, 1.54) is 11.8 Å². The Hall–Kier alpha value is -3.10. The van der Waals surface area contributed by atoms with E-state index < -0.39 is 0 Å². The molecule has 0 radical (unpaired) electrons. The van der Waals surface area contributed by atoms with Crippen LogP contribution in [0.5, 0.6) is 0 Å². The summed E-state index contributed by atoms with van der Waals surface area (Å²) in [6.45, 7) is 5.07. The molecular weight excluding hydrogens is 438 g/mol. The van der Waals surface area contributed by atoms with Crippen LogP contribution < -0.4 is 10.9 Å². The van der Waals surface area contributed by atoms with E-state index in [4.69, 9.17) is 14.1 Å². The van der Waals surface area contributed by atoms with E-state index >= 15 is 0 Å². The summed E-state index contributed by atoms with van der Waals surface area (Å²) in [5, 5.41) is 4.24. The predicted molar refractivity (Wildman–Crippen MR) is 130 cm³/mol. The second-order valence-corrected chi connectivity index (χ2v) is 9.32. The SMILES string of the molecule is Cc1ccc(NC(=O)CSc2nc3c(oc4ccccc43)c(=O)n2C[C@H]2CCCO2)c(C)c1. The van der Waals surface area contributed by atoms with Gasteiger partial charge in [-0.15, -0.1) is 0 Å². The summed E-state index contributed by atoms with van der Waals surface area (Å²) in [4.78, 5) is 30.8. The zero-order valence-electron chi connectivity index (χ0n) is 18.6. The van der Waals surface area contributed by atoms with Crippen LogP contribution >= 0.6 is 11.8 Å². The van der Waals surface area contributed by atoms with Gasteiger partial charge in [0.1, 0.15) is 11.1 Å². The quantitative estimate of drug-likeness (QED) is 0.330. The number of ether oxygens (including phenoxy) is 1. The number of nitrogens with one attached hydrogen (secondary N) is 1. The number of furan rings is 1. The molecular formula is C25H25N3O4S. The molecule has 0 saturated carbocycles. The number of hydrogen-bond acceptors (Lipinski definition) is 6. The van der Waals surface area contributed by atoms with Crippen molar-refractivity contribution in [1.29, 1.82) is 0 Å². The molecule has 3 heterocycles. The average Bonchev–Trinajstić information content (AvgIpc) is 3.44. The third-order valence-corrected chi connectivity index (χ3v) is 6.82. The van der Waals surface area contributed by atoms with Gasteiger partial charge in [0.15, 0.2) is 5.16 Å². The molecule has 0 bridgehead atoms. The lowest BCUT2D eigenvalue weighted by molar-refractivity contribution is -0.113. The highest BCUT2D eigenvalue weighted by Crippen LogP contribution is 2.28. The summed E-state index contributed by atoms with van der Waals surface area (Å²) in [7, 11) is 0. The van der Waals surface area contributed by atoms with Gasteiger partial charge in [-0.25, -0.2) is 4.98 Å². The zero-order valence-corrected chi connectivity index (χ0v) is 19.4. The van der Waals surface area contributed by atoms with Gasteiger partial charge in [0.05, 0.1) is 18.4 Å². The number of para-hydroxylation sites is 1. The number of fused-ring (bicyclic) bond motifs is 3. The van der Waals surface area contributed by atoms with Crippen LogP contribution in [0.1, 0.15) is 24.0 Å². The highest BCUT2D eigenvalue weighted by Gasteiger charge is 2.23. The molecule has 2 aromatic heterocycles. The Morgan fingerprint density at radius 1 is 1.24 bits per heavy atom. The van der Waals surface area contributed by atoms with E-state index in [2.05, 4.69) is 5.32 Å². The minimum absolute atomic E-state index is 0.0466. The van der Waals surface area contributed by atoms with E-state index in [0.29, 0.717) is 29.4 Å². The van der Waals surface area contributed by atoms with Gasteiger partial charge >= 0.3 is 0 Å². The number of aryl methyl sites for hydroxylation is 2. The first kappa shape index (κ1) is 21.7. The molecule has 4 aromatic rings. The first-order valence-corrected chi connectivity index (χ1v) is 12.0. The van der Waals surface area contributed by atoms with Crippen molar-refractivity contribution >= 4 is 45.4 Å². The minimum atomic E-state index is -0.246. The number of carbonyl (C=O) groups is 1. The van der Waals surface area contributed by atoms with Gasteiger partial charge in [0.2, 0.25) is 11.5 Å². The standard InChI is InChI=1S/C25H25N3O4S/c1-15-9-10-19(16(2)12-15)26-21(29)14-33-25-27-22-18-7-3-4-8-20(18)32-23(22)24(30)28(25)13-17-6-5-11-31-17/h3-4,7-10,12,17H,5-6,11,13-14H2,1-2H3,(H,26,29)/t17-/m1/s1. The molecule has 7 nitrogen and oxygen atoms in total. The van der Waals surface area contributed by atoms with E-state index in [1.54, 1.807) is 4.57 Å². The smallest absolute Gasteiger partial charge is 0.297 e. The summed E-state index contributed by atoms with van der Waals surface area (Å²) in [5.74, 6) is -0.0194. The second kappa shape index (κ2) is 9.03. The van der Waals surface area contributed by atoms with Crippen molar-refractivity contribution in [2.75, 3.05) is 17.7 Å². The Bertz CT molecular complexity index is 1400. The van der Waals surface area contributed by atoms with Crippen molar-refractivity contribution in [3.05, 3.63) is 63.9 Å². The summed E-state index contributed by atoms with van der Waals surface area (Å²) < 4.78 is 13.2. The number of anilines is 1. The second-order valence-electron chi connectivity index (χ2n) is 8.38. The van der Waals surface area contributed by atoms with E-state index in [9.17, 15) is 9.59 Å². The van der Waals surface area contributed by atoms with Crippen molar-refractivity contribution in [1.82, 2.24) is 9.55 Å². The average molecular weight is 464 g/mol. The summed E-state index contributed by atoms with van der Waals surface area (Å²) in [6.07, 6.45) is 1.82. The molecule has 1 N–H and O–H groups in total. The van der Waals surface area contributed by atoms with E-state index in [0.717, 1.165) is 35.0 Å². The summed E-state index contributed by atoms with van der Waals surface area (Å²) in [6, 6.07) is 13.4. The Kier molecular flexibility index (Phi) is 5.95. The predicted octanol–water partition coefficient (Wildman–Crippen LogP) is 4.67. The Balaban J connectivity index is 1.46. The molecule has 8 heteroatoms. The molecule has 33 heavy (non-hydrogen) atoms. The number of nitrogens with zero attached hydrogens (tertiary/aromatic N) is 2. The molecule has 5 rings (SSSR count). The molecule has 1 fully saturated rings. The lowest BCUT2D eigenvalue weighted by Gasteiger charge is -2.15. The van der Waals surface area contributed by atoms with Gasteiger partial charge in [-0.1, -0.05) is 41.6 Å². The van der Waals surface area contributed by atoms with Crippen molar-refractivity contribution < 1.29 is 13.9 Å². The molecule has 170 valence electrons. The number of hydrogen-bond donors (Lipinski definition) is 1.